The Morgan fingerprint density at radius 3 is 2.40 bits per heavy atom. The summed E-state index contributed by atoms with van der Waals surface area (Å²) < 4.78 is 6.57. The van der Waals surface area contributed by atoms with Crippen molar-refractivity contribution in [2.45, 2.75) is 51.5 Å². The van der Waals surface area contributed by atoms with Gasteiger partial charge in [-0.25, -0.2) is 4.98 Å². The number of fused-ring (bicyclic) bond motifs is 1. The molecule has 1 amide bonds. The predicted octanol–water partition coefficient (Wildman–Crippen LogP) is 4.64. The lowest BCUT2D eigenvalue weighted by Gasteiger charge is -2.27. The Balaban J connectivity index is 1.79. The average Bonchev–Trinajstić information content (AvgIpc) is 3.18. The van der Waals surface area contributed by atoms with Crippen LogP contribution in [0.25, 0.3) is 10.2 Å². The SMILES string of the molecule is CCC(CC)NC(=O)COC(=O)[C@@](C)(Cc1nc2ccccc2s1)c1ccccc1. The second-order valence-electron chi connectivity index (χ2n) is 7.61. The molecule has 2 aromatic carbocycles. The number of hydrogen-bond acceptors (Lipinski definition) is 5. The Bertz CT molecular complexity index is 965. The highest BCUT2D eigenvalue weighted by molar-refractivity contribution is 7.18. The van der Waals surface area contributed by atoms with Crippen molar-refractivity contribution in [1.29, 1.82) is 0 Å². The highest BCUT2D eigenvalue weighted by Gasteiger charge is 2.38. The van der Waals surface area contributed by atoms with E-state index in [2.05, 4.69) is 5.32 Å². The first-order valence-electron chi connectivity index (χ1n) is 10.3. The van der Waals surface area contributed by atoms with Crippen molar-refractivity contribution >= 4 is 33.4 Å². The van der Waals surface area contributed by atoms with Gasteiger partial charge in [-0.2, -0.15) is 0 Å². The summed E-state index contributed by atoms with van der Waals surface area (Å²) in [6, 6.07) is 17.6. The Labute approximate surface area is 181 Å². The third-order valence-electron chi connectivity index (χ3n) is 5.39. The molecule has 1 N–H and O–H groups in total. The molecule has 0 aliphatic carbocycles. The second-order valence-corrected chi connectivity index (χ2v) is 8.72. The minimum absolute atomic E-state index is 0.0967. The molecular formula is C24H28N2O3S. The third kappa shape index (κ3) is 5.05. The van der Waals surface area contributed by atoms with E-state index in [0.29, 0.717) is 6.42 Å². The van der Waals surface area contributed by atoms with Crippen LogP contribution < -0.4 is 5.32 Å². The van der Waals surface area contributed by atoms with E-state index < -0.39 is 11.4 Å². The lowest BCUT2D eigenvalue weighted by atomic mass is 9.79. The summed E-state index contributed by atoms with van der Waals surface area (Å²) >= 11 is 1.58. The molecule has 0 radical (unpaired) electrons. The molecule has 3 aromatic rings. The molecule has 0 saturated heterocycles. The van der Waals surface area contributed by atoms with Crippen LogP contribution in [0.1, 0.15) is 44.2 Å². The van der Waals surface area contributed by atoms with E-state index in [9.17, 15) is 9.59 Å². The third-order valence-corrected chi connectivity index (χ3v) is 6.43. The number of hydrogen-bond donors (Lipinski definition) is 1. The summed E-state index contributed by atoms with van der Waals surface area (Å²) in [5.74, 6) is -0.694. The van der Waals surface area contributed by atoms with Gasteiger partial charge < -0.3 is 10.1 Å². The summed E-state index contributed by atoms with van der Waals surface area (Å²) in [4.78, 5) is 30.1. The van der Waals surface area contributed by atoms with E-state index in [0.717, 1.165) is 33.6 Å². The average molecular weight is 425 g/mol. The van der Waals surface area contributed by atoms with Crippen molar-refractivity contribution in [3.8, 4) is 0 Å². The van der Waals surface area contributed by atoms with Crippen molar-refractivity contribution in [3.05, 3.63) is 65.2 Å². The quantitative estimate of drug-likeness (QED) is 0.508. The van der Waals surface area contributed by atoms with Gasteiger partial charge in [-0.3, -0.25) is 9.59 Å². The number of para-hydroxylation sites is 1. The zero-order valence-corrected chi connectivity index (χ0v) is 18.5. The smallest absolute Gasteiger partial charge is 0.317 e. The van der Waals surface area contributed by atoms with E-state index in [1.165, 1.54) is 0 Å². The monoisotopic (exact) mass is 424 g/mol. The second kappa shape index (κ2) is 9.85. The van der Waals surface area contributed by atoms with E-state index in [1.807, 2.05) is 75.4 Å². The largest absolute Gasteiger partial charge is 0.455 e. The summed E-state index contributed by atoms with van der Waals surface area (Å²) in [6.45, 7) is 5.61. The fourth-order valence-corrected chi connectivity index (χ4v) is 4.57. The van der Waals surface area contributed by atoms with Gasteiger partial charge in [0.1, 0.15) is 0 Å². The Hall–Kier alpha value is -2.73. The molecule has 0 spiro atoms. The standard InChI is InChI=1S/C24H28N2O3S/c1-4-18(5-2)25-21(27)16-29-23(28)24(3,17-11-7-6-8-12-17)15-22-26-19-13-9-10-14-20(19)30-22/h6-14,18H,4-5,15-16H2,1-3H3,(H,25,27)/t24-/m0/s1. The molecule has 5 nitrogen and oxygen atoms in total. The van der Waals surface area contributed by atoms with Crippen molar-refractivity contribution in [2.75, 3.05) is 6.61 Å². The minimum Gasteiger partial charge on any atom is -0.455 e. The molecule has 0 aliphatic heterocycles. The number of ether oxygens (including phenoxy) is 1. The summed E-state index contributed by atoms with van der Waals surface area (Å²) in [5.41, 5.74) is 0.824. The normalized spacial score (nSPS) is 13.2. The molecule has 0 saturated carbocycles. The number of aromatic nitrogens is 1. The van der Waals surface area contributed by atoms with Gasteiger partial charge >= 0.3 is 5.97 Å². The summed E-state index contributed by atoms with van der Waals surface area (Å²) in [7, 11) is 0. The molecule has 1 heterocycles. The number of benzene rings is 2. The van der Waals surface area contributed by atoms with Crippen molar-refractivity contribution in [1.82, 2.24) is 10.3 Å². The maximum absolute atomic E-state index is 13.2. The van der Waals surface area contributed by atoms with Gasteiger partial charge in [0.25, 0.3) is 5.91 Å². The fraction of sp³-hybridized carbons (Fsp3) is 0.375. The van der Waals surface area contributed by atoms with Crippen LogP contribution in [0.3, 0.4) is 0 Å². The summed E-state index contributed by atoms with van der Waals surface area (Å²) in [5, 5.41) is 3.77. The Morgan fingerprint density at radius 2 is 1.73 bits per heavy atom. The van der Waals surface area contributed by atoms with Crippen LogP contribution in [0, 0.1) is 0 Å². The molecule has 0 fully saturated rings. The van der Waals surface area contributed by atoms with Crippen LogP contribution >= 0.6 is 11.3 Å². The van der Waals surface area contributed by atoms with Gasteiger partial charge in [0.15, 0.2) is 6.61 Å². The molecule has 0 aliphatic rings. The molecule has 6 heteroatoms. The number of nitrogens with one attached hydrogen (secondary N) is 1. The van der Waals surface area contributed by atoms with Crippen LogP contribution in [-0.4, -0.2) is 29.5 Å². The first-order chi connectivity index (χ1) is 14.5. The van der Waals surface area contributed by atoms with E-state index in [4.69, 9.17) is 9.72 Å². The summed E-state index contributed by atoms with van der Waals surface area (Å²) in [6.07, 6.45) is 2.09. The molecule has 30 heavy (non-hydrogen) atoms. The van der Waals surface area contributed by atoms with Gasteiger partial charge in [0.2, 0.25) is 0 Å². The first-order valence-corrected chi connectivity index (χ1v) is 11.1. The molecule has 3 rings (SSSR count). The molecule has 1 aromatic heterocycles. The maximum atomic E-state index is 13.2. The number of rotatable bonds is 9. The van der Waals surface area contributed by atoms with Gasteiger partial charge in [-0.1, -0.05) is 56.3 Å². The van der Waals surface area contributed by atoms with Crippen LogP contribution in [0.4, 0.5) is 0 Å². The van der Waals surface area contributed by atoms with Gasteiger partial charge in [-0.15, -0.1) is 11.3 Å². The van der Waals surface area contributed by atoms with Crippen LogP contribution in [0.2, 0.25) is 0 Å². The number of esters is 1. The maximum Gasteiger partial charge on any atom is 0.317 e. The topological polar surface area (TPSA) is 68.3 Å². The van der Waals surface area contributed by atoms with Crippen LogP contribution in [0.5, 0.6) is 0 Å². The minimum atomic E-state index is -0.940. The first kappa shape index (κ1) is 22.0. The Kier molecular flexibility index (Phi) is 7.21. The lowest BCUT2D eigenvalue weighted by Crippen LogP contribution is -2.41. The van der Waals surface area contributed by atoms with E-state index in [1.54, 1.807) is 11.3 Å². The molecule has 0 bridgehead atoms. The van der Waals surface area contributed by atoms with E-state index in [-0.39, 0.29) is 18.6 Å². The van der Waals surface area contributed by atoms with Crippen LogP contribution in [-0.2, 0) is 26.2 Å². The highest BCUT2D eigenvalue weighted by atomic mass is 32.1. The predicted molar refractivity (Wildman–Crippen MR) is 121 cm³/mol. The van der Waals surface area contributed by atoms with Crippen LogP contribution in [0.15, 0.2) is 54.6 Å². The number of nitrogens with zero attached hydrogens (tertiary/aromatic N) is 1. The molecular weight excluding hydrogens is 396 g/mol. The van der Waals surface area contributed by atoms with Gasteiger partial charge in [-0.05, 0) is 37.5 Å². The highest BCUT2D eigenvalue weighted by Crippen LogP contribution is 2.33. The van der Waals surface area contributed by atoms with Crippen molar-refractivity contribution in [3.63, 3.8) is 0 Å². The fourth-order valence-electron chi connectivity index (χ4n) is 3.45. The number of carbonyl (C=O) groups excluding carboxylic acids is 2. The van der Waals surface area contributed by atoms with Gasteiger partial charge in [0, 0.05) is 12.5 Å². The zero-order valence-electron chi connectivity index (χ0n) is 17.7. The Morgan fingerprint density at radius 1 is 1.07 bits per heavy atom. The van der Waals surface area contributed by atoms with Crippen molar-refractivity contribution < 1.29 is 14.3 Å². The van der Waals surface area contributed by atoms with Gasteiger partial charge in [0.05, 0.1) is 20.6 Å². The number of thiazole rings is 1. The number of carbonyl (C=O) groups is 2. The molecule has 0 unspecified atom stereocenters. The lowest BCUT2D eigenvalue weighted by molar-refractivity contribution is -0.154. The number of amides is 1. The van der Waals surface area contributed by atoms with E-state index >= 15 is 0 Å². The zero-order chi connectivity index (χ0) is 21.6. The van der Waals surface area contributed by atoms with Crippen molar-refractivity contribution in [2.24, 2.45) is 0 Å². The molecule has 158 valence electrons. The molecule has 1 atom stereocenters.